The van der Waals surface area contributed by atoms with Crippen molar-refractivity contribution in [3.63, 3.8) is 0 Å². The lowest BCUT2D eigenvalue weighted by Crippen LogP contribution is -2.62. The van der Waals surface area contributed by atoms with Crippen LogP contribution in [0.4, 0.5) is 0 Å². The Balaban J connectivity index is 1.28. The number of phenolic OH excluding ortho intramolecular Hbond substituents is 1. The van der Waals surface area contributed by atoms with E-state index in [2.05, 4.69) is 16.0 Å². The van der Waals surface area contributed by atoms with Crippen LogP contribution in [0, 0.1) is 22.7 Å². The van der Waals surface area contributed by atoms with Crippen molar-refractivity contribution in [2.24, 2.45) is 28.4 Å². The Morgan fingerprint density at radius 2 is 1.54 bits per heavy atom. The lowest BCUT2D eigenvalue weighted by atomic mass is 9.44. The normalized spacial score (nSPS) is 26.5. The smallest absolute Gasteiger partial charge is 0.326 e. The highest BCUT2D eigenvalue weighted by molar-refractivity contribution is 7.98. The number of carboxylic acids is 1. The third-order valence-corrected chi connectivity index (χ3v) is 10.8. The lowest BCUT2D eigenvalue weighted by Gasteiger charge is -2.61. The number of aromatic hydroxyl groups is 1. The zero-order valence-electron chi connectivity index (χ0n) is 26.4. The van der Waals surface area contributed by atoms with Crippen molar-refractivity contribution in [3.8, 4) is 5.75 Å². The Bertz CT molecular complexity index is 1390. The molecule has 46 heavy (non-hydrogen) atoms. The van der Waals surface area contributed by atoms with Crippen molar-refractivity contribution in [2.75, 3.05) is 18.6 Å². The second-order valence-corrected chi connectivity index (χ2v) is 14.8. The van der Waals surface area contributed by atoms with E-state index in [0.717, 1.165) is 43.2 Å². The number of carbonyl (C=O) groups excluding carboxylic acids is 3. The number of carbonyl (C=O) groups is 4. The average molecular weight is 651 g/mol. The Hall–Kier alpha value is -3.57. The van der Waals surface area contributed by atoms with Gasteiger partial charge < -0.3 is 31.9 Å². The van der Waals surface area contributed by atoms with Crippen molar-refractivity contribution < 1.29 is 29.4 Å². The van der Waals surface area contributed by atoms with Crippen LogP contribution in [0.2, 0.25) is 0 Å². The van der Waals surface area contributed by atoms with E-state index in [1.54, 1.807) is 24.3 Å². The van der Waals surface area contributed by atoms with Crippen LogP contribution in [0.3, 0.4) is 0 Å². The van der Waals surface area contributed by atoms with Crippen LogP contribution in [0.15, 0.2) is 54.6 Å². The van der Waals surface area contributed by atoms with Gasteiger partial charge in [0, 0.05) is 13.0 Å². The number of nitrogens with two attached hydrogens (primary N) is 1. The molecular weight excluding hydrogens is 604 g/mol. The molecule has 0 radical (unpaired) electrons. The summed E-state index contributed by atoms with van der Waals surface area (Å²) in [7, 11) is 0. The number of aliphatic carboxylic acids is 1. The molecule has 4 aliphatic rings. The quantitative estimate of drug-likeness (QED) is 0.171. The number of hydrogen-bond donors (Lipinski definition) is 6. The summed E-state index contributed by atoms with van der Waals surface area (Å²) in [5, 5.41) is 28.1. The Morgan fingerprint density at radius 3 is 2.17 bits per heavy atom. The van der Waals surface area contributed by atoms with Gasteiger partial charge in [0.15, 0.2) is 0 Å². The van der Waals surface area contributed by atoms with Crippen molar-refractivity contribution >= 4 is 35.5 Å². The second-order valence-electron chi connectivity index (χ2n) is 13.8. The molecule has 4 saturated carbocycles. The van der Waals surface area contributed by atoms with Gasteiger partial charge in [-0.25, -0.2) is 4.79 Å². The summed E-state index contributed by atoms with van der Waals surface area (Å²) in [6.07, 6.45) is 7.83. The summed E-state index contributed by atoms with van der Waals surface area (Å²) in [5.41, 5.74) is 7.11. The van der Waals surface area contributed by atoms with E-state index in [9.17, 15) is 29.4 Å². The summed E-state index contributed by atoms with van der Waals surface area (Å²) >= 11 is 1.51. The zero-order chi connectivity index (χ0) is 32.9. The van der Waals surface area contributed by atoms with E-state index in [1.165, 1.54) is 11.8 Å². The Kier molecular flexibility index (Phi) is 10.6. The highest BCUT2D eigenvalue weighted by Crippen LogP contribution is 2.65. The molecule has 0 aromatic heterocycles. The van der Waals surface area contributed by atoms with Crippen LogP contribution in [0.5, 0.6) is 5.75 Å². The summed E-state index contributed by atoms with van der Waals surface area (Å²) in [6, 6.07) is 13.4. The molecule has 11 heteroatoms. The summed E-state index contributed by atoms with van der Waals surface area (Å²) in [5.74, 6) is -0.536. The fraction of sp³-hybridized carbons (Fsp3) is 0.543. The number of phenols is 1. The molecule has 2 aromatic carbocycles. The van der Waals surface area contributed by atoms with E-state index in [1.807, 2.05) is 36.6 Å². The average Bonchev–Trinajstić information content (AvgIpc) is 3.02. The molecular formula is C35H46N4O6S. The Labute approximate surface area is 274 Å². The van der Waals surface area contributed by atoms with Gasteiger partial charge in [0.2, 0.25) is 17.7 Å². The fourth-order valence-electron chi connectivity index (χ4n) is 8.44. The third-order valence-electron chi connectivity index (χ3n) is 10.2. The van der Waals surface area contributed by atoms with E-state index < -0.39 is 35.4 Å². The first-order chi connectivity index (χ1) is 22.0. The van der Waals surface area contributed by atoms with Gasteiger partial charge in [-0.2, -0.15) is 11.8 Å². The number of nitrogens with one attached hydrogen (secondary N) is 3. The van der Waals surface area contributed by atoms with E-state index >= 15 is 0 Å². The SMILES string of the molecule is CSCC[C@H](NC(=O)[C@H](Cc1ccccc1)NC(=O)C12C[C@@H]3C[C@@H](CC(CNC(=O)[C@@H](N)Cc4ccc(O)cc4)(C3)C1)C2)C(=O)O. The lowest BCUT2D eigenvalue weighted by molar-refractivity contribution is -0.159. The predicted molar refractivity (Wildman–Crippen MR) is 177 cm³/mol. The van der Waals surface area contributed by atoms with Gasteiger partial charge in [0.1, 0.15) is 17.8 Å². The number of thioether (sulfide) groups is 1. The monoisotopic (exact) mass is 650 g/mol. The van der Waals surface area contributed by atoms with Crippen LogP contribution >= 0.6 is 11.8 Å². The maximum Gasteiger partial charge on any atom is 0.326 e. The summed E-state index contributed by atoms with van der Waals surface area (Å²) in [6.45, 7) is 0.445. The first kappa shape index (κ1) is 33.8. The zero-order valence-corrected chi connectivity index (χ0v) is 27.2. The molecule has 0 saturated heterocycles. The highest BCUT2D eigenvalue weighted by atomic mass is 32.2. The third kappa shape index (κ3) is 8.04. The number of rotatable bonds is 15. The van der Waals surface area contributed by atoms with Gasteiger partial charge in [-0.05, 0) is 104 Å². The van der Waals surface area contributed by atoms with E-state index in [0.29, 0.717) is 37.0 Å². The maximum absolute atomic E-state index is 14.3. The topological polar surface area (TPSA) is 171 Å². The molecule has 2 aromatic rings. The van der Waals surface area contributed by atoms with E-state index in [-0.39, 0.29) is 35.8 Å². The molecule has 7 N–H and O–H groups in total. The Morgan fingerprint density at radius 1 is 0.891 bits per heavy atom. The largest absolute Gasteiger partial charge is 0.508 e. The first-order valence-corrected chi connectivity index (χ1v) is 17.6. The molecule has 0 heterocycles. The molecule has 3 amide bonds. The second kappa shape index (κ2) is 14.5. The minimum Gasteiger partial charge on any atom is -0.508 e. The summed E-state index contributed by atoms with van der Waals surface area (Å²) < 4.78 is 0. The molecule has 4 bridgehead atoms. The molecule has 0 spiro atoms. The molecule has 4 aliphatic carbocycles. The first-order valence-electron chi connectivity index (χ1n) is 16.2. The highest BCUT2D eigenvalue weighted by Gasteiger charge is 2.60. The van der Waals surface area contributed by atoms with Crippen LogP contribution in [-0.4, -0.2) is 70.6 Å². The summed E-state index contributed by atoms with van der Waals surface area (Å²) in [4.78, 5) is 52.8. The van der Waals surface area contributed by atoms with Crippen LogP contribution in [0.25, 0.3) is 0 Å². The van der Waals surface area contributed by atoms with Crippen molar-refractivity contribution in [1.29, 1.82) is 0 Å². The van der Waals surface area contributed by atoms with E-state index in [4.69, 9.17) is 5.73 Å². The van der Waals surface area contributed by atoms with Crippen LogP contribution in [0.1, 0.15) is 56.1 Å². The van der Waals surface area contributed by atoms with Gasteiger partial charge in [0.25, 0.3) is 0 Å². The van der Waals surface area contributed by atoms with Gasteiger partial charge in [-0.1, -0.05) is 42.5 Å². The molecule has 6 rings (SSSR count). The van der Waals surface area contributed by atoms with Crippen molar-refractivity contribution in [3.05, 3.63) is 65.7 Å². The minimum atomic E-state index is -1.10. The molecule has 4 fully saturated rings. The predicted octanol–water partition coefficient (Wildman–Crippen LogP) is 3.01. The fourth-order valence-corrected chi connectivity index (χ4v) is 8.92. The van der Waals surface area contributed by atoms with Gasteiger partial charge in [0.05, 0.1) is 11.5 Å². The van der Waals surface area contributed by atoms with Crippen LogP contribution in [-0.2, 0) is 32.0 Å². The standard InChI is InChI=1S/C35H46N4O6S/c1-46-12-11-28(32(43)44)38-31(42)29(15-22-5-3-2-4-6-22)39-33(45)35-18-24-13-25(19-35)17-34(16-24,20-35)21-37-30(41)27(36)14-23-7-9-26(40)10-8-23/h2-10,24-25,27-29,40H,11-21,36H2,1H3,(H,37,41)(H,38,42)(H,39,45)(H,43,44)/t24-,25+,27-,28-,29-,34?,35?/m0/s1. The molecule has 0 aliphatic heterocycles. The van der Waals surface area contributed by atoms with Crippen LogP contribution < -0.4 is 21.7 Å². The van der Waals surface area contributed by atoms with Gasteiger partial charge >= 0.3 is 5.97 Å². The van der Waals surface area contributed by atoms with Gasteiger partial charge in [-0.3, -0.25) is 14.4 Å². The minimum absolute atomic E-state index is 0.157. The molecule has 7 atom stereocenters. The number of benzene rings is 2. The van der Waals surface area contributed by atoms with Crippen molar-refractivity contribution in [1.82, 2.24) is 16.0 Å². The van der Waals surface area contributed by atoms with Crippen molar-refractivity contribution in [2.45, 2.75) is 75.9 Å². The molecule has 248 valence electrons. The molecule has 10 nitrogen and oxygen atoms in total. The molecule has 2 unspecified atom stereocenters. The number of hydrogen-bond acceptors (Lipinski definition) is 7. The number of carboxylic acid groups (broad SMARTS) is 1. The number of amides is 3. The van der Waals surface area contributed by atoms with Gasteiger partial charge in [-0.15, -0.1) is 0 Å². The maximum atomic E-state index is 14.3.